The van der Waals surface area contributed by atoms with Crippen molar-refractivity contribution < 1.29 is 5.11 Å². The molecule has 5 nitrogen and oxygen atoms in total. The normalized spacial score (nSPS) is 23.0. The van der Waals surface area contributed by atoms with E-state index in [1.165, 1.54) is 0 Å². The van der Waals surface area contributed by atoms with Crippen molar-refractivity contribution in [1.29, 1.82) is 0 Å². The standard InChI is InChI=1S/C17H27N3O2/c1-14-4-5-16(21)20(18-14)12-15-6-10-19(11-7-15)13-17(22)8-2-3-9-17/h4-5,15,22H,2-3,6-13H2,1H3. The van der Waals surface area contributed by atoms with E-state index in [1.54, 1.807) is 16.8 Å². The van der Waals surface area contributed by atoms with Gasteiger partial charge in [-0.1, -0.05) is 12.8 Å². The number of hydrogen-bond donors (Lipinski definition) is 1. The van der Waals surface area contributed by atoms with Gasteiger partial charge in [0.05, 0.1) is 11.3 Å². The van der Waals surface area contributed by atoms with Crippen molar-refractivity contribution >= 4 is 0 Å². The molecule has 2 aliphatic rings. The second kappa shape index (κ2) is 6.50. The van der Waals surface area contributed by atoms with Crippen LogP contribution in [0.5, 0.6) is 0 Å². The monoisotopic (exact) mass is 305 g/mol. The molecule has 0 amide bonds. The first-order valence-corrected chi connectivity index (χ1v) is 8.54. The summed E-state index contributed by atoms with van der Waals surface area (Å²) in [7, 11) is 0. The third-order valence-electron chi connectivity index (χ3n) is 5.19. The Bertz CT molecular complexity index is 555. The second-order valence-corrected chi connectivity index (χ2v) is 7.15. The minimum Gasteiger partial charge on any atom is -0.389 e. The molecule has 0 unspecified atom stereocenters. The number of β-amino-alcohol motifs (C(OH)–C–C–N with tert-alkyl or cyclic N) is 1. The highest BCUT2D eigenvalue weighted by Crippen LogP contribution is 2.31. The number of aryl methyl sites for hydroxylation is 1. The van der Waals surface area contributed by atoms with E-state index in [9.17, 15) is 9.90 Å². The molecule has 1 aromatic heterocycles. The molecule has 1 aromatic rings. The Hall–Kier alpha value is -1.20. The van der Waals surface area contributed by atoms with Gasteiger partial charge in [-0.15, -0.1) is 0 Å². The van der Waals surface area contributed by atoms with Gasteiger partial charge in [-0.25, -0.2) is 4.68 Å². The van der Waals surface area contributed by atoms with Crippen LogP contribution < -0.4 is 5.56 Å². The van der Waals surface area contributed by atoms with E-state index in [2.05, 4.69) is 10.00 Å². The highest BCUT2D eigenvalue weighted by Gasteiger charge is 2.34. The largest absolute Gasteiger partial charge is 0.389 e. The van der Waals surface area contributed by atoms with E-state index >= 15 is 0 Å². The summed E-state index contributed by atoms with van der Waals surface area (Å²) in [6.07, 6.45) is 6.39. The fraction of sp³-hybridized carbons (Fsp3) is 0.765. The van der Waals surface area contributed by atoms with Crippen LogP contribution in [0, 0.1) is 12.8 Å². The maximum absolute atomic E-state index is 11.8. The molecule has 22 heavy (non-hydrogen) atoms. The van der Waals surface area contributed by atoms with Gasteiger partial charge in [0, 0.05) is 19.2 Å². The summed E-state index contributed by atoms with van der Waals surface area (Å²) >= 11 is 0. The van der Waals surface area contributed by atoms with E-state index in [0.717, 1.165) is 70.4 Å². The highest BCUT2D eigenvalue weighted by molar-refractivity contribution is 4.97. The number of aliphatic hydroxyl groups is 1. The van der Waals surface area contributed by atoms with Crippen LogP contribution in [0.1, 0.15) is 44.2 Å². The predicted molar refractivity (Wildman–Crippen MR) is 85.8 cm³/mol. The summed E-state index contributed by atoms with van der Waals surface area (Å²) in [5.74, 6) is 0.515. The van der Waals surface area contributed by atoms with Crippen LogP contribution in [0.15, 0.2) is 16.9 Å². The van der Waals surface area contributed by atoms with Crippen LogP contribution in [-0.2, 0) is 6.54 Å². The molecular formula is C17H27N3O2. The van der Waals surface area contributed by atoms with Crippen molar-refractivity contribution in [3.63, 3.8) is 0 Å². The quantitative estimate of drug-likeness (QED) is 0.917. The average molecular weight is 305 g/mol. The Labute approximate surface area is 131 Å². The third-order valence-corrected chi connectivity index (χ3v) is 5.19. The zero-order valence-corrected chi connectivity index (χ0v) is 13.5. The van der Waals surface area contributed by atoms with Gasteiger partial charge in [-0.3, -0.25) is 4.79 Å². The molecule has 0 bridgehead atoms. The zero-order valence-electron chi connectivity index (χ0n) is 13.5. The molecule has 1 N–H and O–H groups in total. The Morgan fingerprint density at radius 2 is 1.95 bits per heavy atom. The maximum Gasteiger partial charge on any atom is 0.266 e. The lowest BCUT2D eigenvalue weighted by Gasteiger charge is -2.36. The van der Waals surface area contributed by atoms with Crippen LogP contribution in [0.4, 0.5) is 0 Å². The molecule has 2 fully saturated rings. The number of hydrogen-bond acceptors (Lipinski definition) is 4. The number of aromatic nitrogens is 2. The van der Waals surface area contributed by atoms with Crippen LogP contribution >= 0.6 is 0 Å². The minimum atomic E-state index is -0.443. The van der Waals surface area contributed by atoms with Gasteiger partial charge >= 0.3 is 0 Å². The number of rotatable bonds is 4. The van der Waals surface area contributed by atoms with E-state index in [1.807, 2.05) is 6.92 Å². The lowest BCUT2D eigenvalue weighted by Crippen LogP contribution is -2.45. The van der Waals surface area contributed by atoms with Crippen molar-refractivity contribution in [2.24, 2.45) is 5.92 Å². The Kier molecular flexibility index (Phi) is 4.64. The first kappa shape index (κ1) is 15.7. The van der Waals surface area contributed by atoms with Gasteiger partial charge in [0.25, 0.3) is 5.56 Å². The molecule has 1 saturated carbocycles. The maximum atomic E-state index is 11.8. The van der Waals surface area contributed by atoms with Crippen molar-refractivity contribution in [1.82, 2.24) is 14.7 Å². The SMILES string of the molecule is Cc1ccc(=O)n(CC2CCN(CC3(O)CCCC3)CC2)n1. The first-order chi connectivity index (χ1) is 10.5. The summed E-state index contributed by atoms with van der Waals surface area (Å²) < 4.78 is 1.61. The van der Waals surface area contributed by atoms with Gasteiger partial charge in [0.15, 0.2) is 0 Å². The van der Waals surface area contributed by atoms with Gasteiger partial charge in [-0.2, -0.15) is 5.10 Å². The lowest BCUT2D eigenvalue weighted by molar-refractivity contribution is -0.000792. The molecule has 0 atom stereocenters. The molecule has 3 rings (SSSR count). The molecule has 2 heterocycles. The fourth-order valence-electron chi connectivity index (χ4n) is 3.86. The second-order valence-electron chi connectivity index (χ2n) is 7.15. The van der Waals surface area contributed by atoms with Crippen molar-refractivity contribution in [2.75, 3.05) is 19.6 Å². The first-order valence-electron chi connectivity index (χ1n) is 8.54. The summed E-state index contributed by atoms with van der Waals surface area (Å²) in [6, 6.07) is 3.37. The van der Waals surface area contributed by atoms with Crippen LogP contribution in [-0.4, -0.2) is 45.0 Å². The predicted octanol–water partition coefficient (Wildman–Crippen LogP) is 1.57. The Balaban J connectivity index is 1.51. The topological polar surface area (TPSA) is 58.4 Å². The number of likely N-dealkylation sites (tertiary alicyclic amines) is 1. The molecule has 0 aromatic carbocycles. The van der Waals surface area contributed by atoms with Gasteiger partial charge in [-0.05, 0) is 57.7 Å². The highest BCUT2D eigenvalue weighted by atomic mass is 16.3. The molecule has 1 aliphatic carbocycles. The van der Waals surface area contributed by atoms with E-state index in [0.29, 0.717) is 5.92 Å². The lowest BCUT2D eigenvalue weighted by atomic mass is 9.94. The van der Waals surface area contributed by atoms with Crippen LogP contribution in [0.2, 0.25) is 0 Å². The molecule has 1 saturated heterocycles. The molecule has 1 aliphatic heterocycles. The summed E-state index contributed by atoms with van der Waals surface area (Å²) in [5.41, 5.74) is 0.441. The van der Waals surface area contributed by atoms with Gasteiger partial charge in [0.2, 0.25) is 0 Å². The van der Waals surface area contributed by atoms with Gasteiger partial charge < -0.3 is 10.0 Å². The van der Waals surface area contributed by atoms with Crippen LogP contribution in [0.3, 0.4) is 0 Å². The Morgan fingerprint density at radius 3 is 2.64 bits per heavy atom. The average Bonchev–Trinajstić information content (AvgIpc) is 2.91. The minimum absolute atomic E-state index is 0.00621. The molecule has 0 spiro atoms. The molecular weight excluding hydrogens is 278 g/mol. The smallest absolute Gasteiger partial charge is 0.266 e. The van der Waals surface area contributed by atoms with E-state index in [4.69, 9.17) is 0 Å². The summed E-state index contributed by atoms with van der Waals surface area (Å²) in [5, 5.41) is 14.8. The van der Waals surface area contributed by atoms with Crippen molar-refractivity contribution in [2.45, 2.75) is 57.6 Å². The summed E-state index contributed by atoms with van der Waals surface area (Å²) in [6.45, 7) is 5.50. The Morgan fingerprint density at radius 1 is 1.27 bits per heavy atom. The zero-order chi connectivity index (χ0) is 15.6. The van der Waals surface area contributed by atoms with E-state index in [-0.39, 0.29) is 5.56 Å². The molecule has 0 radical (unpaired) electrons. The van der Waals surface area contributed by atoms with Crippen LogP contribution in [0.25, 0.3) is 0 Å². The van der Waals surface area contributed by atoms with Crippen molar-refractivity contribution in [3.05, 3.63) is 28.2 Å². The fourth-order valence-corrected chi connectivity index (χ4v) is 3.86. The summed E-state index contributed by atoms with van der Waals surface area (Å²) in [4.78, 5) is 14.2. The van der Waals surface area contributed by atoms with E-state index < -0.39 is 5.60 Å². The molecule has 5 heteroatoms. The third kappa shape index (κ3) is 3.76. The number of nitrogens with zero attached hydrogens (tertiary/aromatic N) is 3. The number of piperidine rings is 1. The van der Waals surface area contributed by atoms with Gasteiger partial charge in [0.1, 0.15) is 0 Å². The van der Waals surface area contributed by atoms with Crippen molar-refractivity contribution in [3.8, 4) is 0 Å². The molecule has 122 valence electrons.